The number of hydrogen-bond donors (Lipinski definition) is 1. The largest absolute Gasteiger partial charge is 0.476 e. The first kappa shape index (κ1) is 21.4. The molecule has 0 aliphatic heterocycles. The number of nitrogens with zero attached hydrogens (tertiary/aromatic N) is 4. The Morgan fingerprint density at radius 1 is 1.09 bits per heavy atom. The maximum atomic E-state index is 11.9. The third-order valence-corrected chi connectivity index (χ3v) is 5.99. The van der Waals surface area contributed by atoms with Crippen molar-refractivity contribution in [1.29, 1.82) is 0 Å². The molecule has 32 heavy (non-hydrogen) atoms. The number of carboxylic acids is 1. The number of rotatable bonds is 6. The Hall–Kier alpha value is -3.79. The Balaban J connectivity index is 1.85. The van der Waals surface area contributed by atoms with Gasteiger partial charge in [0.2, 0.25) is 5.82 Å². The van der Waals surface area contributed by atoms with Crippen molar-refractivity contribution >= 4 is 15.8 Å². The second-order valence-electron chi connectivity index (χ2n) is 7.57. The van der Waals surface area contributed by atoms with Gasteiger partial charge < -0.3 is 9.63 Å². The van der Waals surface area contributed by atoms with Crippen molar-refractivity contribution in [3.63, 3.8) is 0 Å². The second-order valence-corrected chi connectivity index (χ2v) is 9.58. The number of aromatic nitrogens is 4. The zero-order valence-corrected chi connectivity index (χ0v) is 18.4. The van der Waals surface area contributed by atoms with E-state index < -0.39 is 15.8 Å². The molecule has 0 radical (unpaired) electrons. The number of aromatic carboxylic acids is 1. The molecule has 0 fully saturated rings. The van der Waals surface area contributed by atoms with Gasteiger partial charge in [-0.3, -0.25) is 0 Å². The molecule has 0 spiro atoms. The summed E-state index contributed by atoms with van der Waals surface area (Å²) in [5.74, 6) is -0.795. The molecule has 0 unspecified atom stereocenters. The van der Waals surface area contributed by atoms with Crippen LogP contribution < -0.4 is 0 Å². The molecule has 1 N–H and O–H groups in total. The highest BCUT2D eigenvalue weighted by Gasteiger charge is 2.23. The van der Waals surface area contributed by atoms with Crippen molar-refractivity contribution in [2.75, 3.05) is 6.26 Å². The van der Waals surface area contributed by atoms with Crippen LogP contribution in [0.3, 0.4) is 0 Å². The zero-order chi connectivity index (χ0) is 23.0. The van der Waals surface area contributed by atoms with Gasteiger partial charge in [0, 0.05) is 17.9 Å². The number of carbonyl (C=O) groups is 1. The van der Waals surface area contributed by atoms with E-state index >= 15 is 0 Å². The lowest BCUT2D eigenvalue weighted by Crippen LogP contribution is -2.06. The minimum Gasteiger partial charge on any atom is -0.476 e. The molecule has 0 aliphatic rings. The monoisotopic (exact) mass is 452 g/mol. The molecule has 9 nitrogen and oxygen atoms in total. The van der Waals surface area contributed by atoms with E-state index in [0.717, 1.165) is 11.8 Å². The van der Waals surface area contributed by atoms with Crippen molar-refractivity contribution in [3.05, 3.63) is 65.9 Å². The summed E-state index contributed by atoms with van der Waals surface area (Å²) in [4.78, 5) is 16.1. The van der Waals surface area contributed by atoms with Crippen LogP contribution in [0.15, 0.2) is 64.0 Å². The van der Waals surface area contributed by atoms with Crippen molar-refractivity contribution in [1.82, 2.24) is 19.9 Å². The van der Waals surface area contributed by atoms with Crippen LogP contribution in [-0.2, 0) is 9.84 Å². The van der Waals surface area contributed by atoms with E-state index in [1.54, 1.807) is 12.1 Å². The lowest BCUT2D eigenvalue weighted by atomic mass is 10.0. The minimum atomic E-state index is -3.41. The van der Waals surface area contributed by atoms with E-state index in [-0.39, 0.29) is 28.2 Å². The van der Waals surface area contributed by atoms with Gasteiger partial charge in [-0.2, -0.15) is 10.1 Å². The molecule has 0 amide bonds. The molecule has 2 aromatic carbocycles. The van der Waals surface area contributed by atoms with Gasteiger partial charge in [0.1, 0.15) is 5.69 Å². The molecule has 0 saturated heterocycles. The Labute approximate surface area is 184 Å². The van der Waals surface area contributed by atoms with E-state index in [0.29, 0.717) is 16.9 Å². The molecule has 164 valence electrons. The van der Waals surface area contributed by atoms with Crippen LogP contribution >= 0.6 is 0 Å². The molecular weight excluding hydrogens is 432 g/mol. The van der Waals surface area contributed by atoms with Crippen molar-refractivity contribution in [2.45, 2.75) is 24.7 Å². The van der Waals surface area contributed by atoms with E-state index in [2.05, 4.69) is 15.2 Å². The molecule has 4 aromatic rings. The number of hydrogen-bond acceptors (Lipinski definition) is 7. The second kappa shape index (κ2) is 8.04. The lowest BCUT2D eigenvalue weighted by Gasteiger charge is -2.13. The average Bonchev–Trinajstić information content (AvgIpc) is 3.40. The summed E-state index contributed by atoms with van der Waals surface area (Å²) < 4.78 is 30.6. The minimum absolute atomic E-state index is 0.0586. The van der Waals surface area contributed by atoms with Crippen molar-refractivity contribution in [2.24, 2.45) is 0 Å². The van der Waals surface area contributed by atoms with Gasteiger partial charge in [-0.25, -0.2) is 17.9 Å². The standard InChI is InChI=1S/C22H20N4O5S/c1-13(2)16-9-4-5-10-18(16)26-19(12-17(24-26)22(27)28)21-23-20(25-31-21)14-7-6-8-15(11-14)32(3,29)30/h4-13H,1-3H3,(H,27,28). The summed E-state index contributed by atoms with van der Waals surface area (Å²) >= 11 is 0. The third kappa shape index (κ3) is 4.04. The first-order valence-electron chi connectivity index (χ1n) is 9.72. The maximum Gasteiger partial charge on any atom is 0.356 e. The van der Waals surface area contributed by atoms with E-state index in [4.69, 9.17) is 4.52 Å². The Morgan fingerprint density at radius 3 is 2.53 bits per heavy atom. The summed E-state index contributed by atoms with van der Waals surface area (Å²) in [6.07, 6.45) is 1.12. The van der Waals surface area contributed by atoms with Crippen molar-refractivity contribution in [3.8, 4) is 28.7 Å². The molecule has 10 heteroatoms. The predicted molar refractivity (Wildman–Crippen MR) is 116 cm³/mol. The van der Waals surface area contributed by atoms with Crippen LogP contribution in [0.5, 0.6) is 0 Å². The fourth-order valence-corrected chi connectivity index (χ4v) is 3.97. The molecule has 0 aliphatic carbocycles. The van der Waals surface area contributed by atoms with Gasteiger partial charge >= 0.3 is 5.97 Å². The highest BCUT2D eigenvalue weighted by Crippen LogP contribution is 2.30. The molecule has 0 saturated carbocycles. The first-order valence-corrected chi connectivity index (χ1v) is 11.6. The van der Waals surface area contributed by atoms with Crippen LogP contribution in [0.2, 0.25) is 0 Å². The van der Waals surface area contributed by atoms with Crippen molar-refractivity contribution < 1.29 is 22.8 Å². The summed E-state index contributed by atoms with van der Waals surface area (Å²) in [6.45, 7) is 4.05. The Kier molecular flexibility index (Phi) is 5.39. The third-order valence-electron chi connectivity index (χ3n) is 4.88. The van der Waals surface area contributed by atoms with Crippen LogP contribution in [0.1, 0.15) is 35.8 Å². The number of benzene rings is 2. The predicted octanol–water partition coefficient (Wildman–Crippen LogP) is 3.81. The molecule has 0 atom stereocenters. The fourth-order valence-electron chi connectivity index (χ4n) is 3.30. The van der Waals surface area contributed by atoms with Gasteiger partial charge in [-0.05, 0) is 29.7 Å². The molecule has 4 rings (SSSR count). The van der Waals surface area contributed by atoms with Crippen LogP contribution in [0, 0.1) is 0 Å². The van der Waals surface area contributed by atoms with Crippen LogP contribution in [-0.4, -0.2) is 45.7 Å². The van der Waals surface area contributed by atoms with Gasteiger partial charge in [0.05, 0.1) is 10.6 Å². The smallest absolute Gasteiger partial charge is 0.356 e. The Morgan fingerprint density at radius 2 is 1.84 bits per heavy atom. The van der Waals surface area contributed by atoms with E-state index in [1.807, 2.05) is 38.1 Å². The fraction of sp³-hybridized carbons (Fsp3) is 0.182. The SMILES string of the molecule is CC(C)c1ccccc1-n1nc(C(=O)O)cc1-c1nc(-c2cccc(S(C)(=O)=O)c2)no1. The summed E-state index contributed by atoms with van der Waals surface area (Å²) in [7, 11) is -3.41. The molecular formula is C22H20N4O5S. The van der Waals surface area contributed by atoms with Crippen LogP contribution in [0.4, 0.5) is 0 Å². The van der Waals surface area contributed by atoms with Gasteiger partial charge in [-0.15, -0.1) is 0 Å². The summed E-state index contributed by atoms with van der Waals surface area (Å²) in [6, 6.07) is 15.1. The highest BCUT2D eigenvalue weighted by molar-refractivity contribution is 7.90. The van der Waals surface area contributed by atoms with Gasteiger partial charge in [-0.1, -0.05) is 49.3 Å². The van der Waals surface area contributed by atoms with E-state index in [1.165, 1.54) is 22.9 Å². The van der Waals surface area contributed by atoms with Crippen LogP contribution in [0.25, 0.3) is 28.7 Å². The quantitative estimate of drug-likeness (QED) is 0.468. The number of para-hydroxylation sites is 1. The lowest BCUT2D eigenvalue weighted by molar-refractivity contribution is 0.0690. The summed E-state index contributed by atoms with van der Waals surface area (Å²) in [5.41, 5.74) is 2.26. The molecule has 0 bridgehead atoms. The van der Waals surface area contributed by atoms with Gasteiger partial charge in [0.15, 0.2) is 15.5 Å². The zero-order valence-electron chi connectivity index (χ0n) is 17.6. The Bertz CT molecular complexity index is 1420. The first-order chi connectivity index (χ1) is 15.1. The normalized spacial score (nSPS) is 11.8. The number of sulfone groups is 1. The highest BCUT2D eigenvalue weighted by atomic mass is 32.2. The summed E-state index contributed by atoms with van der Waals surface area (Å²) in [5, 5.41) is 17.7. The maximum absolute atomic E-state index is 11.9. The number of carboxylic acid groups (broad SMARTS) is 1. The van der Waals surface area contributed by atoms with Gasteiger partial charge in [0.25, 0.3) is 5.89 Å². The topological polar surface area (TPSA) is 128 Å². The average molecular weight is 452 g/mol. The molecule has 2 heterocycles. The van der Waals surface area contributed by atoms with E-state index in [9.17, 15) is 18.3 Å². The molecule has 2 aromatic heterocycles.